The quantitative estimate of drug-likeness (QED) is 0.868. The summed E-state index contributed by atoms with van der Waals surface area (Å²) in [5, 5.41) is 3.56. The molecule has 0 saturated carbocycles. The van der Waals surface area contributed by atoms with Gasteiger partial charge in [-0.2, -0.15) is 4.98 Å². The third-order valence-corrected chi connectivity index (χ3v) is 2.67. The zero-order valence-electron chi connectivity index (χ0n) is 10.6. The number of anilines is 2. The van der Waals surface area contributed by atoms with Gasteiger partial charge >= 0.3 is 5.97 Å². The van der Waals surface area contributed by atoms with Gasteiger partial charge in [-0.1, -0.05) is 17.7 Å². The molecule has 1 aromatic heterocycles. The standard InChI is InChI=1S/C13H13ClN2O3/c1-3-18-12(17)11-7-19-13(16-11)15-10-6-9(14)5-4-8(10)2/h4-7H,3H2,1-2H3,(H,15,16). The number of carbonyl (C=O) groups excluding carboxylic acids is 1. The average Bonchev–Trinajstić information content (AvgIpc) is 2.83. The maximum atomic E-state index is 11.4. The highest BCUT2D eigenvalue weighted by Gasteiger charge is 2.13. The molecular weight excluding hydrogens is 268 g/mol. The molecule has 0 spiro atoms. The summed E-state index contributed by atoms with van der Waals surface area (Å²) in [6.07, 6.45) is 1.25. The molecule has 0 fully saturated rings. The predicted molar refractivity (Wildman–Crippen MR) is 71.9 cm³/mol. The number of rotatable bonds is 4. The summed E-state index contributed by atoms with van der Waals surface area (Å²) in [6.45, 7) is 3.95. The largest absolute Gasteiger partial charge is 0.461 e. The number of nitrogens with zero attached hydrogens (tertiary/aromatic N) is 1. The summed E-state index contributed by atoms with van der Waals surface area (Å²) >= 11 is 5.91. The van der Waals surface area contributed by atoms with Gasteiger partial charge in [-0.25, -0.2) is 4.79 Å². The van der Waals surface area contributed by atoms with Crippen molar-refractivity contribution in [1.29, 1.82) is 0 Å². The van der Waals surface area contributed by atoms with E-state index in [1.807, 2.05) is 13.0 Å². The molecule has 1 N–H and O–H groups in total. The van der Waals surface area contributed by atoms with E-state index >= 15 is 0 Å². The minimum atomic E-state index is -0.512. The van der Waals surface area contributed by atoms with E-state index in [0.29, 0.717) is 11.6 Å². The van der Waals surface area contributed by atoms with Crippen molar-refractivity contribution in [3.8, 4) is 0 Å². The first-order valence-electron chi connectivity index (χ1n) is 5.76. The maximum absolute atomic E-state index is 11.4. The normalized spacial score (nSPS) is 10.3. The number of benzene rings is 1. The number of oxazole rings is 1. The van der Waals surface area contributed by atoms with Gasteiger partial charge in [0.05, 0.1) is 6.61 Å². The van der Waals surface area contributed by atoms with E-state index < -0.39 is 5.97 Å². The molecule has 0 amide bonds. The van der Waals surface area contributed by atoms with E-state index in [2.05, 4.69) is 10.3 Å². The summed E-state index contributed by atoms with van der Waals surface area (Å²) in [6, 6.07) is 5.64. The van der Waals surface area contributed by atoms with Crippen LogP contribution in [0.5, 0.6) is 0 Å². The van der Waals surface area contributed by atoms with Crippen molar-refractivity contribution in [3.63, 3.8) is 0 Å². The van der Waals surface area contributed by atoms with E-state index in [1.54, 1.807) is 19.1 Å². The lowest BCUT2D eigenvalue weighted by molar-refractivity contribution is 0.0519. The van der Waals surface area contributed by atoms with Gasteiger partial charge in [0.1, 0.15) is 6.26 Å². The van der Waals surface area contributed by atoms with Crippen LogP contribution in [0, 0.1) is 6.92 Å². The van der Waals surface area contributed by atoms with Crippen molar-refractivity contribution >= 4 is 29.3 Å². The molecule has 0 atom stereocenters. The lowest BCUT2D eigenvalue weighted by Crippen LogP contribution is -2.05. The van der Waals surface area contributed by atoms with Crippen LogP contribution in [0.4, 0.5) is 11.7 Å². The van der Waals surface area contributed by atoms with Crippen LogP contribution in [0.2, 0.25) is 5.02 Å². The van der Waals surface area contributed by atoms with Crippen molar-refractivity contribution in [2.24, 2.45) is 0 Å². The Bertz CT molecular complexity index is 595. The van der Waals surface area contributed by atoms with Crippen LogP contribution in [0.1, 0.15) is 23.0 Å². The molecule has 6 heteroatoms. The first-order chi connectivity index (χ1) is 9.10. The number of halogens is 1. The van der Waals surface area contributed by atoms with Gasteiger partial charge < -0.3 is 14.5 Å². The third kappa shape index (κ3) is 3.26. The van der Waals surface area contributed by atoms with E-state index in [-0.39, 0.29) is 11.7 Å². The van der Waals surface area contributed by atoms with Gasteiger partial charge in [0.15, 0.2) is 5.69 Å². The van der Waals surface area contributed by atoms with Crippen LogP contribution >= 0.6 is 11.6 Å². The fraction of sp³-hybridized carbons (Fsp3) is 0.231. The lowest BCUT2D eigenvalue weighted by Gasteiger charge is -2.05. The van der Waals surface area contributed by atoms with Crippen LogP contribution in [0.15, 0.2) is 28.9 Å². The second-order valence-corrected chi connectivity index (χ2v) is 4.28. The summed E-state index contributed by atoms with van der Waals surface area (Å²) in [5.41, 5.74) is 1.88. The Morgan fingerprint density at radius 3 is 3.05 bits per heavy atom. The average molecular weight is 281 g/mol. The first kappa shape index (κ1) is 13.4. The maximum Gasteiger partial charge on any atom is 0.360 e. The van der Waals surface area contributed by atoms with Gasteiger partial charge in [0.25, 0.3) is 6.01 Å². The molecule has 0 bridgehead atoms. The third-order valence-electron chi connectivity index (χ3n) is 2.43. The van der Waals surface area contributed by atoms with E-state index in [4.69, 9.17) is 20.8 Å². The Morgan fingerprint density at radius 1 is 1.53 bits per heavy atom. The zero-order chi connectivity index (χ0) is 13.8. The van der Waals surface area contributed by atoms with Crippen molar-refractivity contribution in [2.75, 3.05) is 11.9 Å². The second-order valence-electron chi connectivity index (χ2n) is 3.84. The molecule has 1 heterocycles. The van der Waals surface area contributed by atoms with Crippen molar-refractivity contribution in [2.45, 2.75) is 13.8 Å². The van der Waals surface area contributed by atoms with Crippen LogP contribution in [-0.4, -0.2) is 17.6 Å². The number of hydrogen-bond donors (Lipinski definition) is 1. The minimum absolute atomic E-state index is 0.129. The first-order valence-corrected chi connectivity index (χ1v) is 6.13. The van der Waals surface area contributed by atoms with Crippen LogP contribution in [0.3, 0.4) is 0 Å². The van der Waals surface area contributed by atoms with Gasteiger partial charge in [-0.15, -0.1) is 0 Å². The Morgan fingerprint density at radius 2 is 2.32 bits per heavy atom. The number of carbonyl (C=O) groups is 1. The van der Waals surface area contributed by atoms with Crippen LogP contribution < -0.4 is 5.32 Å². The number of esters is 1. The molecule has 2 rings (SSSR count). The summed E-state index contributed by atoms with van der Waals surface area (Å²) in [4.78, 5) is 15.4. The second kappa shape index (κ2) is 5.75. The predicted octanol–water partition coefficient (Wildman–Crippen LogP) is 3.56. The van der Waals surface area contributed by atoms with Gasteiger partial charge in [0, 0.05) is 10.7 Å². The van der Waals surface area contributed by atoms with E-state index in [9.17, 15) is 4.79 Å². The Hall–Kier alpha value is -2.01. The molecule has 5 nitrogen and oxygen atoms in total. The fourth-order valence-corrected chi connectivity index (χ4v) is 1.65. The monoisotopic (exact) mass is 280 g/mol. The summed E-state index contributed by atoms with van der Waals surface area (Å²) < 4.78 is 9.99. The topological polar surface area (TPSA) is 64.4 Å². The summed E-state index contributed by atoms with van der Waals surface area (Å²) in [7, 11) is 0. The molecule has 1 aromatic carbocycles. The smallest absolute Gasteiger partial charge is 0.360 e. The molecule has 0 saturated heterocycles. The number of aryl methyl sites for hydroxylation is 1. The highest BCUT2D eigenvalue weighted by Crippen LogP contribution is 2.23. The molecule has 19 heavy (non-hydrogen) atoms. The molecule has 0 unspecified atom stereocenters. The molecule has 0 aliphatic carbocycles. The molecule has 0 radical (unpaired) electrons. The van der Waals surface area contributed by atoms with Gasteiger partial charge in [-0.05, 0) is 31.5 Å². The molecule has 2 aromatic rings. The fourth-order valence-electron chi connectivity index (χ4n) is 1.47. The van der Waals surface area contributed by atoms with Gasteiger partial charge in [-0.3, -0.25) is 0 Å². The number of ether oxygens (including phenoxy) is 1. The Kier molecular flexibility index (Phi) is 4.06. The Balaban J connectivity index is 2.15. The molecule has 0 aliphatic heterocycles. The van der Waals surface area contributed by atoms with Crippen LogP contribution in [-0.2, 0) is 4.74 Å². The van der Waals surface area contributed by atoms with E-state index in [0.717, 1.165) is 11.3 Å². The molecular formula is C13H13ClN2O3. The van der Waals surface area contributed by atoms with Crippen LogP contribution in [0.25, 0.3) is 0 Å². The summed E-state index contributed by atoms with van der Waals surface area (Å²) in [5.74, 6) is -0.512. The molecule has 0 aliphatic rings. The molecule has 100 valence electrons. The number of aromatic nitrogens is 1. The van der Waals surface area contributed by atoms with Crippen molar-refractivity contribution in [1.82, 2.24) is 4.98 Å². The number of hydrogen-bond acceptors (Lipinski definition) is 5. The highest BCUT2D eigenvalue weighted by atomic mass is 35.5. The lowest BCUT2D eigenvalue weighted by atomic mass is 10.2. The SMILES string of the molecule is CCOC(=O)c1coc(Nc2cc(Cl)ccc2C)n1. The Labute approximate surface area is 115 Å². The van der Waals surface area contributed by atoms with Crippen molar-refractivity contribution < 1.29 is 13.9 Å². The number of nitrogens with one attached hydrogen (secondary N) is 1. The zero-order valence-corrected chi connectivity index (χ0v) is 11.3. The highest BCUT2D eigenvalue weighted by molar-refractivity contribution is 6.30. The van der Waals surface area contributed by atoms with Crippen molar-refractivity contribution in [3.05, 3.63) is 40.7 Å². The van der Waals surface area contributed by atoms with E-state index in [1.165, 1.54) is 6.26 Å². The minimum Gasteiger partial charge on any atom is -0.461 e. The van der Waals surface area contributed by atoms with Gasteiger partial charge in [0.2, 0.25) is 0 Å².